The lowest BCUT2D eigenvalue weighted by atomic mass is 10.0. The Bertz CT molecular complexity index is 339. The van der Waals surface area contributed by atoms with Gasteiger partial charge in [-0.2, -0.15) is 0 Å². The predicted octanol–water partition coefficient (Wildman–Crippen LogP) is 1.24. The molecule has 0 saturated carbocycles. The van der Waals surface area contributed by atoms with Gasteiger partial charge >= 0.3 is 6.09 Å². The standard InChI is InChI=1S/C14H27N3O3/c1-14(2,3)20-13(19)17-9-5-4-6-11(17)10-16-8-7-12(15)18/h11,16H,4-10H2,1-3H3,(H2,15,18). The molecule has 3 N–H and O–H groups in total. The van der Waals surface area contributed by atoms with Crippen LogP contribution in [0.2, 0.25) is 0 Å². The Morgan fingerprint density at radius 2 is 2.05 bits per heavy atom. The van der Waals surface area contributed by atoms with Crippen LogP contribution in [0.25, 0.3) is 0 Å². The van der Waals surface area contributed by atoms with E-state index in [0.717, 1.165) is 25.8 Å². The molecule has 6 nitrogen and oxygen atoms in total. The molecular formula is C14H27N3O3. The van der Waals surface area contributed by atoms with E-state index in [1.54, 1.807) is 4.90 Å². The zero-order valence-corrected chi connectivity index (χ0v) is 12.8. The molecule has 0 aromatic heterocycles. The van der Waals surface area contributed by atoms with Gasteiger partial charge in [-0.15, -0.1) is 0 Å². The summed E-state index contributed by atoms with van der Waals surface area (Å²) in [5.74, 6) is -0.315. The summed E-state index contributed by atoms with van der Waals surface area (Å²) in [7, 11) is 0. The SMILES string of the molecule is CC(C)(C)OC(=O)N1CCCCC1CNCCC(N)=O. The minimum Gasteiger partial charge on any atom is -0.444 e. The molecule has 0 aromatic carbocycles. The normalized spacial score (nSPS) is 19.8. The van der Waals surface area contributed by atoms with Gasteiger partial charge in [0, 0.05) is 32.1 Å². The lowest BCUT2D eigenvalue weighted by molar-refractivity contribution is -0.117. The van der Waals surface area contributed by atoms with E-state index < -0.39 is 5.60 Å². The van der Waals surface area contributed by atoms with Gasteiger partial charge in [-0.05, 0) is 40.0 Å². The summed E-state index contributed by atoms with van der Waals surface area (Å²) >= 11 is 0. The van der Waals surface area contributed by atoms with Gasteiger partial charge in [0.15, 0.2) is 0 Å². The molecule has 6 heteroatoms. The van der Waals surface area contributed by atoms with E-state index in [0.29, 0.717) is 19.5 Å². The third-order valence-corrected chi connectivity index (χ3v) is 3.18. The molecule has 2 amide bonds. The summed E-state index contributed by atoms with van der Waals surface area (Å²) in [6.45, 7) is 7.57. The Morgan fingerprint density at radius 1 is 1.35 bits per heavy atom. The van der Waals surface area contributed by atoms with Gasteiger partial charge in [0.2, 0.25) is 5.91 Å². The molecule has 1 aliphatic rings. The molecule has 0 aliphatic carbocycles. The third kappa shape index (κ3) is 6.23. The van der Waals surface area contributed by atoms with Crippen molar-refractivity contribution < 1.29 is 14.3 Å². The second kappa shape index (κ2) is 7.47. The van der Waals surface area contributed by atoms with Crippen molar-refractivity contribution in [1.29, 1.82) is 0 Å². The summed E-state index contributed by atoms with van der Waals surface area (Å²) in [6, 6.07) is 0.131. The molecule has 0 radical (unpaired) electrons. The van der Waals surface area contributed by atoms with Gasteiger partial charge in [0.05, 0.1) is 0 Å². The van der Waals surface area contributed by atoms with Crippen LogP contribution in [0.15, 0.2) is 0 Å². The molecule has 1 fully saturated rings. The Morgan fingerprint density at radius 3 is 2.65 bits per heavy atom. The molecule has 0 bridgehead atoms. The number of primary amides is 1. The van der Waals surface area contributed by atoms with Crippen LogP contribution in [0.1, 0.15) is 46.5 Å². The van der Waals surface area contributed by atoms with Crippen molar-refractivity contribution in [3.8, 4) is 0 Å². The molecule has 20 heavy (non-hydrogen) atoms. The largest absolute Gasteiger partial charge is 0.444 e. The van der Waals surface area contributed by atoms with Crippen molar-refractivity contribution in [1.82, 2.24) is 10.2 Å². The van der Waals surface area contributed by atoms with Gasteiger partial charge in [-0.3, -0.25) is 4.79 Å². The fourth-order valence-electron chi connectivity index (χ4n) is 2.25. The number of piperidine rings is 1. The quantitative estimate of drug-likeness (QED) is 0.744. The average molecular weight is 285 g/mol. The van der Waals surface area contributed by atoms with Crippen molar-refractivity contribution in [3.63, 3.8) is 0 Å². The first-order valence-electron chi connectivity index (χ1n) is 7.28. The number of hydrogen-bond acceptors (Lipinski definition) is 4. The lowest BCUT2D eigenvalue weighted by Crippen LogP contribution is -2.50. The Labute approximate surface area is 121 Å². The summed E-state index contributed by atoms with van der Waals surface area (Å²) < 4.78 is 5.44. The van der Waals surface area contributed by atoms with Gasteiger partial charge in [0.25, 0.3) is 0 Å². The number of ether oxygens (including phenoxy) is 1. The molecule has 1 atom stereocenters. The van der Waals surface area contributed by atoms with Crippen LogP contribution in [0.3, 0.4) is 0 Å². The first kappa shape index (κ1) is 16.8. The summed E-state index contributed by atoms with van der Waals surface area (Å²) in [6.07, 6.45) is 3.15. The molecule has 1 unspecified atom stereocenters. The van der Waals surface area contributed by atoms with Crippen molar-refractivity contribution in [2.24, 2.45) is 5.73 Å². The Kier molecular flexibility index (Phi) is 6.26. The molecule has 1 rings (SSSR count). The van der Waals surface area contributed by atoms with Gasteiger partial charge in [-0.25, -0.2) is 4.79 Å². The summed E-state index contributed by atoms with van der Waals surface area (Å²) in [4.78, 5) is 24.6. The number of rotatable bonds is 5. The van der Waals surface area contributed by atoms with Crippen LogP contribution >= 0.6 is 0 Å². The number of nitrogens with zero attached hydrogens (tertiary/aromatic N) is 1. The molecule has 1 saturated heterocycles. The molecule has 1 aliphatic heterocycles. The number of likely N-dealkylation sites (tertiary alicyclic amines) is 1. The van der Waals surface area contributed by atoms with Crippen molar-refractivity contribution in [2.45, 2.75) is 58.1 Å². The number of carbonyl (C=O) groups excluding carboxylic acids is 2. The minimum atomic E-state index is -0.474. The maximum Gasteiger partial charge on any atom is 0.410 e. The number of amides is 2. The number of hydrogen-bond donors (Lipinski definition) is 2. The first-order valence-corrected chi connectivity index (χ1v) is 7.28. The van der Waals surface area contributed by atoms with E-state index in [4.69, 9.17) is 10.5 Å². The zero-order valence-electron chi connectivity index (χ0n) is 12.8. The Hall–Kier alpha value is -1.30. The second-order valence-electron chi connectivity index (χ2n) is 6.24. The number of nitrogens with two attached hydrogens (primary N) is 1. The molecule has 0 aromatic rings. The highest BCUT2D eigenvalue weighted by Crippen LogP contribution is 2.19. The van der Waals surface area contributed by atoms with Crippen LogP contribution in [0, 0.1) is 0 Å². The molecule has 0 spiro atoms. The van der Waals surface area contributed by atoms with Crippen molar-refractivity contribution >= 4 is 12.0 Å². The summed E-state index contributed by atoms with van der Waals surface area (Å²) in [5, 5.41) is 3.18. The minimum absolute atomic E-state index is 0.131. The van der Waals surface area contributed by atoms with E-state index in [1.807, 2.05) is 20.8 Å². The highest BCUT2D eigenvalue weighted by atomic mass is 16.6. The van der Waals surface area contributed by atoms with Gasteiger partial charge < -0.3 is 20.7 Å². The van der Waals surface area contributed by atoms with E-state index >= 15 is 0 Å². The highest BCUT2D eigenvalue weighted by Gasteiger charge is 2.30. The number of carbonyl (C=O) groups is 2. The predicted molar refractivity (Wildman–Crippen MR) is 77.3 cm³/mol. The topological polar surface area (TPSA) is 84.7 Å². The average Bonchev–Trinajstić information content (AvgIpc) is 2.32. The smallest absolute Gasteiger partial charge is 0.410 e. The first-order chi connectivity index (χ1) is 9.29. The van der Waals surface area contributed by atoms with Crippen molar-refractivity contribution in [2.75, 3.05) is 19.6 Å². The summed E-state index contributed by atoms with van der Waals surface area (Å²) in [5.41, 5.74) is 4.62. The molecular weight excluding hydrogens is 258 g/mol. The van der Waals surface area contributed by atoms with Crippen LogP contribution < -0.4 is 11.1 Å². The fraction of sp³-hybridized carbons (Fsp3) is 0.857. The monoisotopic (exact) mass is 285 g/mol. The van der Waals surface area contributed by atoms with Gasteiger partial charge in [-0.1, -0.05) is 0 Å². The molecule has 116 valence electrons. The van der Waals surface area contributed by atoms with E-state index in [2.05, 4.69) is 5.32 Å². The number of nitrogens with one attached hydrogen (secondary N) is 1. The maximum absolute atomic E-state index is 12.2. The lowest BCUT2D eigenvalue weighted by Gasteiger charge is -2.36. The van der Waals surface area contributed by atoms with E-state index in [1.165, 1.54) is 0 Å². The fourth-order valence-corrected chi connectivity index (χ4v) is 2.25. The van der Waals surface area contributed by atoms with Crippen LogP contribution in [0.4, 0.5) is 4.79 Å². The zero-order chi connectivity index (χ0) is 15.2. The molecule has 1 heterocycles. The maximum atomic E-state index is 12.2. The van der Waals surface area contributed by atoms with E-state index in [-0.39, 0.29) is 18.0 Å². The third-order valence-electron chi connectivity index (χ3n) is 3.18. The van der Waals surface area contributed by atoms with Gasteiger partial charge in [0.1, 0.15) is 5.60 Å². The van der Waals surface area contributed by atoms with Crippen molar-refractivity contribution in [3.05, 3.63) is 0 Å². The van der Waals surface area contributed by atoms with Crippen LogP contribution in [0.5, 0.6) is 0 Å². The van der Waals surface area contributed by atoms with Crippen LogP contribution in [-0.2, 0) is 9.53 Å². The highest BCUT2D eigenvalue weighted by molar-refractivity contribution is 5.73. The van der Waals surface area contributed by atoms with E-state index in [9.17, 15) is 9.59 Å². The Balaban J connectivity index is 2.45. The van der Waals surface area contributed by atoms with Crippen LogP contribution in [-0.4, -0.2) is 48.2 Å². The second-order valence-corrected chi connectivity index (χ2v) is 6.24.